The van der Waals surface area contributed by atoms with Gasteiger partial charge in [0.2, 0.25) is 0 Å². The lowest BCUT2D eigenvalue weighted by molar-refractivity contribution is 0.471. The molecule has 2 aromatic rings. The van der Waals surface area contributed by atoms with Crippen LogP contribution in [0.5, 0.6) is 5.75 Å². The van der Waals surface area contributed by atoms with Crippen molar-refractivity contribution in [3.63, 3.8) is 0 Å². The fraction of sp³-hybridized carbons (Fsp3) is 0.0769. The quantitative estimate of drug-likeness (QED) is 0.750. The van der Waals surface area contributed by atoms with E-state index >= 15 is 0 Å². The zero-order chi connectivity index (χ0) is 10.8. The third-order valence-electron chi connectivity index (χ3n) is 2.46. The summed E-state index contributed by atoms with van der Waals surface area (Å²) in [5.74, 6) is 0.00776. The molecule has 2 heteroatoms. The second-order valence-corrected chi connectivity index (χ2v) is 3.46. The molecule has 0 aliphatic carbocycles. The van der Waals surface area contributed by atoms with Gasteiger partial charge in [0.1, 0.15) is 11.6 Å². The van der Waals surface area contributed by atoms with Gasteiger partial charge in [0, 0.05) is 0 Å². The molecule has 0 spiro atoms. The molecule has 0 aliphatic heterocycles. The highest BCUT2D eigenvalue weighted by atomic mass is 19.1. The van der Waals surface area contributed by atoms with Gasteiger partial charge in [0.25, 0.3) is 0 Å². The summed E-state index contributed by atoms with van der Waals surface area (Å²) in [6, 6.07) is 11.6. The van der Waals surface area contributed by atoms with E-state index < -0.39 is 0 Å². The highest BCUT2D eigenvalue weighted by molar-refractivity contribution is 5.69. The predicted molar refractivity (Wildman–Crippen MR) is 58.2 cm³/mol. The maximum absolute atomic E-state index is 12.7. The summed E-state index contributed by atoms with van der Waals surface area (Å²) in [4.78, 5) is 0. The summed E-state index contributed by atoms with van der Waals surface area (Å²) in [7, 11) is 0. The van der Waals surface area contributed by atoms with Crippen molar-refractivity contribution in [2.75, 3.05) is 0 Å². The normalized spacial score (nSPS) is 10.3. The largest absolute Gasteiger partial charge is 0.508 e. The first-order valence-electron chi connectivity index (χ1n) is 4.73. The van der Waals surface area contributed by atoms with Crippen molar-refractivity contribution >= 4 is 0 Å². The summed E-state index contributed by atoms with van der Waals surface area (Å²) in [6.45, 7) is 1.84. The van der Waals surface area contributed by atoms with Crippen LogP contribution in [0.2, 0.25) is 0 Å². The number of aromatic hydroxyl groups is 1. The monoisotopic (exact) mass is 202 g/mol. The molecular weight excluding hydrogens is 191 g/mol. The van der Waals surface area contributed by atoms with Gasteiger partial charge in [-0.1, -0.05) is 24.3 Å². The third-order valence-corrected chi connectivity index (χ3v) is 2.46. The first-order valence-corrected chi connectivity index (χ1v) is 4.73. The van der Waals surface area contributed by atoms with E-state index in [0.717, 1.165) is 16.7 Å². The van der Waals surface area contributed by atoms with Crippen LogP contribution in [-0.4, -0.2) is 5.11 Å². The van der Waals surface area contributed by atoms with Crippen molar-refractivity contribution in [1.82, 2.24) is 0 Å². The Morgan fingerprint density at radius 1 is 1.00 bits per heavy atom. The molecule has 0 unspecified atom stereocenters. The molecule has 0 fully saturated rings. The van der Waals surface area contributed by atoms with Crippen LogP contribution < -0.4 is 0 Å². The minimum Gasteiger partial charge on any atom is -0.508 e. The molecule has 0 amide bonds. The van der Waals surface area contributed by atoms with E-state index in [0.29, 0.717) is 0 Å². The summed E-state index contributed by atoms with van der Waals surface area (Å²) >= 11 is 0. The second-order valence-electron chi connectivity index (χ2n) is 3.46. The molecule has 0 saturated heterocycles. The van der Waals surface area contributed by atoms with Crippen LogP contribution >= 0.6 is 0 Å². The van der Waals surface area contributed by atoms with E-state index in [1.165, 1.54) is 12.1 Å². The van der Waals surface area contributed by atoms with Crippen LogP contribution in [-0.2, 0) is 0 Å². The van der Waals surface area contributed by atoms with E-state index in [9.17, 15) is 9.50 Å². The second kappa shape index (κ2) is 3.73. The fourth-order valence-corrected chi connectivity index (χ4v) is 1.57. The molecule has 76 valence electrons. The maximum atomic E-state index is 12.7. The molecule has 1 nitrogen and oxygen atoms in total. The van der Waals surface area contributed by atoms with Crippen LogP contribution in [0.3, 0.4) is 0 Å². The Bertz CT molecular complexity index is 474. The van der Waals surface area contributed by atoms with Crippen molar-refractivity contribution in [1.29, 1.82) is 0 Å². The lowest BCUT2D eigenvalue weighted by Gasteiger charge is -2.07. The van der Waals surface area contributed by atoms with E-state index in [1.807, 2.05) is 13.0 Å². The number of hydrogen-bond acceptors (Lipinski definition) is 1. The molecule has 0 bridgehead atoms. The summed E-state index contributed by atoms with van der Waals surface area (Å²) in [6.07, 6.45) is 0. The van der Waals surface area contributed by atoms with Gasteiger partial charge in [-0.3, -0.25) is 0 Å². The number of benzene rings is 2. The Labute approximate surface area is 87.8 Å². The Balaban J connectivity index is 2.54. The predicted octanol–water partition coefficient (Wildman–Crippen LogP) is 3.51. The first-order chi connectivity index (χ1) is 7.18. The van der Waals surface area contributed by atoms with Crippen molar-refractivity contribution in [3.05, 3.63) is 53.8 Å². The number of halogens is 1. The molecule has 2 aromatic carbocycles. The van der Waals surface area contributed by atoms with Gasteiger partial charge >= 0.3 is 0 Å². The Hall–Kier alpha value is -1.83. The zero-order valence-corrected chi connectivity index (χ0v) is 8.37. The lowest BCUT2D eigenvalue weighted by atomic mass is 10.00. The molecule has 2 rings (SSSR count). The van der Waals surface area contributed by atoms with E-state index in [1.54, 1.807) is 24.3 Å². The zero-order valence-electron chi connectivity index (χ0n) is 8.37. The molecule has 0 heterocycles. The molecule has 0 aromatic heterocycles. The standard InChI is InChI=1S/C13H11FO/c1-9-12(3-2-4-13(9)15)10-5-7-11(14)8-6-10/h2-8,15H,1H3. The molecule has 0 radical (unpaired) electrons. The van der Waals surface area contributed by atoms with Crippen molar-refractivity contribution in [2.24, 2.45) is 0 Å². The average molecular weight is 202 g/mol. The summed E-state index contributed by atoms with van der Waals surface area (Å²) in [5.41, 5.74) is 2.64. The smallest absolute Gasteiger partial charge is 0.123 e. The van der Waals surface area contributed by atoms with Gasteiger partial charge in [-0.15, -0.1) is 0 Å². The molecule has 1 N–H and O–H groups in total. The average Bonchev–Trinajstić information content (AvgIpc) is 2.24. The third kappa shape index (κ3) is 1.84. The minimum absolute atomic E-state index is 0.253. The van der Waals surface area contributed by atoms with E-state index in [2.05, 4.69) is 0 Å². The van der Waals surface area contributed by atoms with Gasteiger partial charge in [0.15, 0.2) is 0 Å². The molecule has 0 atom stereocenters. The summed E-state index contributed by atoms with van der Waals surface area (Å²) in [5, 5.41) is 9.54. The van der Waals surface area contributed by atoms with E-state index in [-0.39, 0.29) is 11.6 Å². The van der Waals surface area contributed by atoms with Crippen LogP contribution in [0.25, 0.3) is 11.1 Å². The number of hydrogen-bond donors (Lipinski definition) is 1. The Morgan fingerprint density at radius 3 is 2.33 bits per heavy atom. The first kappa shape index (κ1) is 9.71. The van der Waals surface area contributed by atoms with Crippen molar-refractivity contribution < 1.29 is 9.50 Å². The van der Waals surface area contributed by atoms with Crippen LogP contribution in [0.1, 0.15) is 5.56 Å². The van der Waals surface area contributed by atoms with Gasteiger partial charge < -0.3 is 5.11 Å². The highest BCUT2D eigenvalue weighted by Crippen LogP contribution is 2.28. The highest BCUT2D eigenvalue weighted by Gasteiger charge is 2.04. The fourth-order valence-electron chi connectivity index (χ4n) is 1.57. The molecule has 0 saturated carbocycles. The van der Waals surface area contributed by atoms with Gasteiger partial charge in [0.05, 0.1) is 0 Å². The minimum atomic E-state index is -0.253. The summed E-state index contributed by atoms with van der Waals surface area (Å²) < 4.78 is 12.7. The number of phenolic OH excluding ortho intramolecular Hbond substituents is 1. The van der Waals surface area contributed by atoms with Gasteiger partial charge in [-0.2, -0.15) is 0 Å². The number of phenols is 1. The number of rotatable bonds is 1. The van der Waals surface area contributed by atoms with Crippen molar-refractivity contribution in [3.8, 4) is 16.9 Å². The molecule has 15 heavy (non-hydrogen) atoms. The molecular formula is C13H11FO. The van der Waals surface area contributed by atoms with Gasteiger partial charge in [-0.25, -0.2) is 4.39 Å². The maximum Gasteiger partial charge on any atom is 0.123 e. The van der Waals surface area contributed by atoms with Crippen molar-refractivity contribution in [2.45, 2.75) is 6.92 Å². The van der Waals surface area contributed by atoms with E-state index in [4.69, 9.17) is 0 Å². The lowest BCUT2D eigenvalue weighted by Crippen LogP contribution is -1.84. The van der Waals surface area contributed by atoms with Crippen LogP contribution in [0.4, 0.5) is 4.39 Å². The Morgan fingerprint density at radius 2 is 1.67 bits per heavy atom. The van der Waals surface area contributed by atoms with Crippen LogP contribution in [0.15, 0.2) is 42.5 Å². The SMILES string of the molecule is Cc1c(O)cccc1-c1ccc(F)cc1. The topological polar surface area (TPSA) is 20.2 Å². The molecule has 0 aliphatic rings. The van der Waals surface area contributed by atoms with Crippen LogP contribution in [0, 0.1) is 12.7 Å². The Kier molecular flexibility index (Phi) is 2.42. The van der Waals surface area contributed by atoms with Gasteiger partial charge in [-0.05, 0) is 41.8 Å².